The third kappa shape index (κ3) is 567. The standard InChI is InChI=1S/2C2H6N2.2CHNS.ClH.Co/c2*3-1-2-4;2*2-1-3;;/h2*3-4H,1-2H2;2*3H;1H;/q2*-2;;;;+3/p-3. The molecule has 10 heteroatoms. The van der Waals surface area contributed by atoms with E-state index < -0.39 is 0 Å². The first-order valence-electron chi connectivity index (χ1n) is 3.27. The summed E-state index contributed by atoms with van der Waals surface area (Å²) in [4.78, 5) is 0. The third-order valence-electron chi connectivity index (χ3n) is 0.250. The van der Waals surface area contributed by atoms with Gasteiger partial charge in [0.15, 0.2) is 0 Å². The largest absolute Gasteiger partial charge is 3.00 e. The maximum Gasteiger partial charge on any atom is 3.00 e. The van der Waals surface area contributed by atoms with Crippen LogP contribution in [0.5, 0.6) is 0 Å². The Morgan fingerprint density at radius 1 is 0.750 bits per heavy atom. The van der Waals surface area contributed by atoms with Crippen LogP contribution in [0.3, 0.4) is 0 Å². The molecule has 0 amide bonds. The van der Waals surface area contributed by atoms with Crippen molar-refractivity contribution < 1.29 is 29.2 Å². The molecule has 0 aliphatic heterocycles. The molecule has 16 heavy (non-hydrogen) atoms. The van der Waals surface area contributed by atoms with Gasteiger partial charge in [-0.2, -0.15) is 26.2 Å². The van der Waals surface area contributed by atoms with Crippen LogP contribution in [0.2, 0.25) is 0 Å². The monoisotopic (exact) mass is 326 g/mol. The van der Waals surface area contributed by atoms with E-state index in [4.69, 9.17) is 33.5 Å². The maximum atomic E-state index is 7.13. The molecule has 0 radical (unpaired) electrons. The van der Waals surface area contributed by atoms with Crippen LogP contribution in [0, 0.1) is 21.3 Å². The number of hydrogen-bond acceptors (Lipinski definition) is 4. The van der Waals surface area contributed by atoms with E-state index in [1.54, 1.807) is 0 Å². The summed E-state index contributed by atoms with van der Waals surface area (Å²) in [7, 11) is 0. The first-order chi connectivity index (χ1) is 6.66. The molecule has 98 valence electrons. The van der Waals surface area contributed by atoms with Crippen LogP contribution in [0.15, 0.2) is 0 Å². The Kier molecular flexibility index (Phi) is 182. The van der Waals surface area contributed by atoms with E-state index in [-0.39, 0.29) is 55.4 Å². The van der Waals surface area contributed by atoms with Crippen molar-refractivity contribution in [1.29, 1.82) is 10.5 Å². The Balaban J connectivity index is -0.0000000202. The average molecular weight is 327 g/mol. The van der Waals surface area contributed by atoms with Gasteiger partial charge >= 0.3 is 16.8 Å². The zero-order chi connectivity index (χ0) is 12.2. The third-order valence-corrected chi connectivity index (χ3v) is 0.250. The van der Waals surface area contributed by atoms with Gasteiger partial charge in [-0.3, -0.25) is 0 Å². The van der Waals surface area contributed by atoms with Crippen molar-refractivity contribution in [3.05, 3.63) is 22.9 Å². The minimum absolute atomic E-state index is 0. The molecule has 0 saturated heterocycles. The Labute approximate surface area is 125 Å². The fourth-order valence-electron chi connectivity index (χ4n) is 0. The Hall–Kier alpha value is 0.0565. The first-order valence-corrected chi connectivity index (χ1v) is 4.09. The molecule has 0 rings (SSSR count). The van der Waals surface area contributed by atoms with Gasteiger partial charge in [0, 0.05) is 0 Å². The van der Waals surface area contributed by atoms with Gasteiger partial charge in [0.2, 0.25) is 0 Å². The Morgan fingerprint density at radius 2 is 0.812 bits per heavy atom. The predicted molar refractivity (Wildman–Crippen MR) is 62.7 cm³/mol. The molecule has 4 N–H and O–H groups in total. The Bertz CT molecular complexity index is 120. The van der Waals surface area contributed by atoms with Gasteiger partial charge in [0.1, 0.15) is 0 Å². The summed E-state index contributed by atoms with van der Waals surface area (Å²) in [5, 5.41) is 16.9. The molecule has 0 aromatic heterocycles. The van der Waals surface area contributed by atoms with Gasteiger partial charge in [-0.1, -0.05) is 10.8 Å². The number of nitrogens with zero attached hydrogens (tertiary/aromatic N) is 2. The minimum Gasteiger partial charge on any atom is -1.00 e. The summed E-state index contributed by atoms with van der Waals surface area (Å²) in [5.74, 6) is 0. The number of halogens is 1. The fourth-order valence-corrected chi connectivity index (χ4v) is 0. The molecule has 0 aromatic rings. The number of hydrogen-bond donors (Lipinski definition) is 0. The van der Waals surface area contributed by atoms with Crippen molar-refractivity contribution in [2.45, 2.75) is 0 Å². The van der Waals surface area contributed by atoms with Crippen molar-refractivity contribution in [1.82, 2.24) is 0 Å². The van der Waals surface area contributed by atoms with Gasteiger partial charge in [-0.15, -0.1) is 0 Å². The van der Waals surface area contributed by atoms with E-state index in [0.29, 0.717) is 0 Å². The molecular formula is C6H12ClCoN6S2-4. The van der Waals surface area contributed by atoms with Gasteiger partial charge in [0.25, 0.3) is 0 Å². The maximum absolute atomic E-state index is 7.13. The van der Waals surface area contributed by atoms with Crippen LogP contribution in [0.4, 0.5) is 0 Å². The summed E-state index contributed by atoms with van der Waals surface area (Å²) in [5.41, 5.74) is 25.1. The van der Waals surface area contributed by atoms with Crippen LogP contribution >= 0.6 is 0 Å². The van der Waals surface area contributed by atoms with Crippen molar-refractivity contribution in [2.75, 3.05) is 26.2 Å². The summed E-state index contributed by atoms with van der Waals surface area (Å²) >= 11 is 7.40. The van der Waals surface area contributed by atoms with Crippen molar-refractivity contribution in [2.24, 2.45) is 0 Å². The molecule has 0 heterocycles. The van der Waals surface area contributed by atoms with Crippen molar-refractivity contribution in [3.8, 4) is 10.8 Å². The molecule has 0 bridgehead atoms. The van der Waals surface area contributed by atoms with Gasteiger partial charge < -0.3 is 60.6 Å². The first kappa shape index (κ1) is 36.0. The SMILES string of the molecule is N#C[S-].N#C[S-].[Cl-].[Co+3].[NH-]CC[NH-].[NH-]CC[NH-]. The summed E-state index contributed by atoms with van der Waals surface area (Å²) < 4.78 is 0. The molecule has 0 fully saturated rings. The number of nitrogens with one attached hydrogen (secondary N) is 4. The van der Waals surface area contributed by atoms with Gasteiger partial charge in [-0.05, 0) is 0 Å². The summed E-state index contributed by atoms with van der Waals surface area (Å²) in [6, 6.07) is 0. The normalized spacial score (nSPS) is 4.62. The zero-order valence-corrected chi connectivity index (χ0v) is 11.7. The number of nitriles is 2. The smallest absolute Gasteiger partial charge is 1.00 e. The second-order valence-corrected chi connectivity index (χ2v) is 1.55. The van der Waals surface area contributed by atoms with Crippen molar-refractivity contribution >= 4 is 25.3 Å². The second-order valence-electron chi connectivity index (χ2n) is 1.18. The molecule has 0 aliphatic carbocycles. The minimum atomic E-state index is 0. The predicted octanol–water partition coefficient (Wildman–Crippen LogP) is -0.788. The molecule has 0 aliphatic rings. The van der Waals surface area contributed by atoms with E-state index >= 15 is 0 Å². The topological polar surface area (TPSA) is 143 Å². The molecule has 0 saturated carbocycles. The summed E-state index contributed by atoms with van der Waals surface area (Å²) in [6.07, 6.45) is 0. The second kappa shape index (κ2) is 81.1. The Morgan fingerprint density at radius 3 is 0.812 bits per heavy atom. The summed E-state index contributed by atoms with van der Waals surface area (Å²) in [6.45, 7) is 0.944. The van der Waals surface area contributed by atoms with Crippen LogP contribution in [0.25, 0.3) is 22.9 Å². The van der Waals surface area contributed by atoms with Crippen molar-refractivity contribution in [3.63, 3.8) is 0 Å². The van der Waals surface area contributed by atoms with Crippen LogP contribution in [-0.4, -0.2) is 26.2 Å². The van der Waals surface area contributed by atoms with Crippen LogP contribution in [0.1, 0.15) is 0 Å². The average Bonchev–Trinajstić information content (AvgIpc) is 2.20. The van der Waals surface area contributed by atoms with Gasteiger partial charge in [-0.25, -0.2) is 10.5 Å². The van der Waals surface area contributed by atoms with E-state index in [1.165, 1.54) is 10.8 Å². The van der Waals surface area contributed by atoms with E-state index in [2.05, 4.69) is 25.3 Å². The van der Waals surface area contributed by atoms with E-state index in [1.807, 2.05) is 0 Å². The zero-order valence-electron chi connectivity index (χ0n) is 8.25. The molecule has 0 atom stereocenters. The molecule has 0 unspecified atom stereocenters. The molecule has 0 spiro atoms. The number of thiocyanates is 2. The van der Waals surface area contributed by atoms with E-state index in [9.17, 15) is 0 Å². The molecule has 6 nitrogen and oxygen atoms in total. The molecule has 0 aromatic carbocycles. The quantitative estimate of drug-likeness (QED) is 0.484. The van der Waals surface area contributed by atoms with Crippen LogP contribution in [-0.2, 0) is 42.0 Å². The fraction of sp³-hybridized carbons (Fsp3) is 0.667. The van der Waals surface area contributed by atoms with E-state index in [0.717, 1.165) is 0 Å². The number of rotatable bonds is 2. The van der Waals surface area contributed by atoms with Gasteiger partial charge in [0.05, 0.1) is 0 Å². The van der Waals surface area contributed by atoms with Crippen LogP contribution < -0.4 is 12.4 Å². The molecular weight excluding hydrogens is 315 g/mol.